The molecule has 0 aromatic carbocycles. The van der Waals surface area contributed by atoms with Crippen molar-refractivity contribution >= 4 is 11.8 Å². The van der Waals surface area contributed by atoms with Crippen LogP contribution in [-0.2, 0) is 14.3 Å². The fraction of sp³-hybridized carbons (Fsp3) is 0.619. The van der Waals surface area contributed by atoms with Gasteiger partial charge in [-0.3, -0.25) is 9.59 Å². The molecule has 3 heteroatoms. The summed E-state index contributed by atoms with van der Waals surface area (Å²) in [6, 6.07) is 0. The number of carbonyl (C=O) groups is 2. The monoisotopic (exact) mass is 328 g/mol. The van der Waals surface area contributed by atoms with Crippen molar-refractivity contribution in [3.63, 3.8) is 0 Å². The van der Waals surface area contributed by atoms with E-state index < -0.39 is 0 Å². The molecule has 0 spiro atoms. The minimum Gasteiger partial charge on any atom is -0.457 e. The molecule has 3 aliphatic rings. The standard InChI is InChI=1S/C21H28O3/c1-12(2)10-15-19(21(15,4)5)20(23)24-17-11-16(22)18(13(17)3)14-8-6-7-9-14/h6,8,10,14-15,17,19H,7,9,11H2,1-5H3/t14-,15-,17-,19-/m1/s1. The number of hydrogen-bond acceptors (Lipinski definition) is 3. The fourth-order valence-electron chi connectivity index (χ4n) is 4.34. The van der Waals surface area contributed by atoms with Gasteiger partial charge in [-0.05, 0) is 50.5 Å². The molecule has 0 bridgehead atoms. The molecular weight excluding hydrogens is 300 g/mol. The van der Waals surface area contributed by atoms with Crippen LogP contribution in [0.25, 0.3) is 0 Å². The van der Waals surface area contributed by atoms with Crippen molar-refractivity contribution in [2.24, 2.45) is 23.2 Å². The largest absolute Gasteiger partial charge is 0.457 e. The highest BCUT2D eigenvalue weighted by Gasteiger charge is 2.61. The van der Waals surface area contributed by atoms with E-state index in [1.54, 1.807) is 0 Å². The highest BCUT2D eigenvalue weighted by molar-refractivity contribution is 6.00. The quantitative estimate of drug-likeness (QED) is 0.568. The highest BCUT2D eigenvalue weighted by atomic mass is 16.5. The van der Waals surface area contributed by atoms with Crippen LogP contribution < -0.4 is 0 Å². The Bertz CT molecular complexity index is 659. The molecule has 130 valence electrons. The van der Waals surface area contributed by atoms with Gasteiger partial charge in [0, 0.05) is 11.5 Å². The van der Waals surface area contributed by atoms with E-state index in [0.717, 1.165) is 24.0 Å². The number of ketones is 1. The van der Waals surface area contributed by atoms with Crippen molar-refractivity contribution in [3.05, 3.63) is 34.9 Å². The van der Waals surface area contributed by atoms with E-state index in [0.29, 0.717) is 6.42 Å². The summed E-state index contributed by atoms with van der Waals surface area (Å²) in [6.45, 7) is 10.3. The second-order valence-corrected chi connectivity index (χ2v) is 8.33. The Labute approximate surface area is 144 Å². The summed E-state index contributed by atoms with van der Waals surface area (Å²) in [5.41, 5.74) is 3.02. The number of carbonyl (C=O) groups excluding carboxylic acids is 2. The Morgan fingerprint density at radius 1 is 1.33 bits per heavy atom. The Morgan fingerprint density at radius 2 is 2.04 bits per heavy atom. The lowest BCUT2D eigenvalue weighted by atomic mass is 9.95. The SMILES string of the molecule is CC(C)=C[C@@H]1[C@H](C(=O)O[C@@H]2CC(=O)C([C@@H]3C=CCC3)=C2C)C1(C)C. The van der Waals surface area contributed by atoms with Crippen LogP contribution in [0.2, 0.25) is 0 Å². The fourth-order valence-corrected chi connectivity index (χ4v) is 4.34. The first-order valence-electron chi connectivity index (χ1n) is 8.99. The minimum atomic E-state index is -0.363. The molecule has 0 amide bonds. The molecule has 0 radical (unpaired) electrons. The summed E-state index contributed by atoms with van der Waals surface area (Å²) in [7, 11) is 0. The second-order valence-electron chi connectivity index (χ2n) is 8.33. The summed E-state index contributed by atoms with van der Waals surface area (Å²) in [4.78, 5) is 25.0. The van der Waals surface area contributed by atoms with Crippen molar-refractivity contribution in [3.8, 4) is 0 Å². The maximum Gasteiger partial charge on any atom is 0.310 e. The smallest absolute Gasteiger partial charge is 0.310 e. The number of Topliss-reactive ketones (excluding diaryl/α,β-unsaturated/α-hetero) is 1. The van der Waals surface area contributed by atoms with Crippen LogP contribution >= 0.6 is 0 Å². The Morgan fingerprint density at radius 3 is 2.62 bits per heavy atom. The molecule has 1 saturated carbocycles. The van der Waals surface area contributed by atoms with Crippen LogP contribution in [0, 0.1) is 23.2 Å². The van der Waals surface area contributed by atoms with E-state index in [1.165, 1.54) is 5.57 Å². The predicted molar refractivity (Wildman–Crippen MR) is 94.3 cm³/mol. The topological polar surface area (TPSA) is 43.4 Å². The molecule has 1 fully saturated rings. The van der Waals surface area contributed by atoms with Gasteiger partial charge in [-0.1, -0.05) is 37.6 Å². The van der Waals surface area contributed by atoms with Crippen molar-refractivity contribution in [1.29, 1.82) is 0 Å². The summed E-state index contributed by atoms with van der Waals surface area (Å²) in [5, 5.41) is 0. The number of allylic oxidation sites excluding steroid dienone is 5. The van der Waals surface area contributed by atoms with E-state index in [-0.39, 0.29) is 41.0 Å². The van der Waals surface area contributed by atoms with Crippen LogP contribution in [0.5, 0.6) is 0 Å². The molecule has 3 aliphatic carbocycles. The summed E-state index contributed by atoms with van der Waals surface area (Å²) in [5.74, 6) is 0.372. The maximum atomic E-state index is 12.6. The highest BCUT2D eigenvalue weighted by Crippen LogP contribution is 2.60. The summed E-state index contributed by atoms with van der Waals surface area (Å²) < 4.78 is 5.78. The Balaban J connectivity index is 1.71. The molecule has 0 saturated heterocycles. The van der Waals surface area contributed by atoms with Crippen LogP contribution in [0.15, 0.2) is 34.9 Å². The molecule has 0 heterocycles. The van der Waals surface area contributed by atoms with Gasteiger partial charge in [-0.25, -0.2) is 0 Å². The molecule has 0 aliphatic heterocycles. The van der Waals surface area contributed by atoms with Gasteiger partial charge in [0.25, 0.3) is 0 Å². The molecule has 0 aromatic heterocycles. The maximum absolute atomic E-state index is 12.6. The van der Waals surface area contributed by atoms with Gasteiger partial charge < -0.3 is 4.74 Å². The number of hydrogen-bond donors (Lipinski definition) is 0. The van der Waals surface area contributed by atoms with E-state index >= 15 is 0 Å². The van der Waals surface area contributed by atoms with Gasteiger partial charge in [-0.15, -0.1) is 0 Å². The van der Waals surface area contributed by atoms with E-state index in [2.05, 4.69) is 45.9 Å². The number of ether oxygens (including phenoxy) is 1. The predicted octanol–water partition coefficient (Wildman–Crippen LogP) is 4.39. The van der Waals surface area contributed by atoms with Gasteiger partial charge >= 0.3 is 5.97 Å². The average Bonchev–Trinajstić information content (AvgIpc) is 2.87. The Kier molecular flexibility index (Phi) is 4.31. The molecule has 4 atom stereocenters. The third-order valence-corrected chi connectivity index (χ3v) is 5.90. The normalized spacial score (nSPS) is 33.8. The summed E-state index contributed by atoms with van der Waals surface area (Å²) in [6.07, 6.45) is 8.40. The van der Waals surface area contributed by atoms with Crippen molar-refractivity contribution in [2.75, 3.05) is 0 Å². The van der Waals surface area contributed by atoms with Gasteiger partial charge in [0.05, 0.1) is 12.3 Å². The molecule has 0 unspecified atom stereocenters. The molecule has 3 nitrogen and oxygen atoms in total. The first kappa shape index (κ1) is 17.2. The zero-order chi connectivity index (χ0) is 17.6. The lowest BCUT2D eigenvalue weighted by Gasteiger charge is -2.14. The van der Waals surface area contributed by atoms with Gasteiger partial charge in [0.2, 0.25) is 0 Å². The lowest BCUT2D eigenvalue weighted by molar-refractivity contribution is -0.150. The number of rotatable bonds is 4. The van der Waals surface area contributed by atoms with Gasteiger partial charge in [0.1, 0.15) is 6.10 Å². The van der Waals surface area contributed by atoms with E-state index in [1.807, 2.05) is 6.92 Å². The van der Waals surface area contributed by atoms with Gasteiger partial charge in [-0.2, -0.15) is 0 Å². The zero-order valence-corrected chi connectivity index (χ0v) is 15.4. The zero-order valence-electron chi connectivity index (χ0n) is 15.4. The molecular formula is C21H28O3. The number of esters is 1. The lowest BCUT2D eigenvalue weighted by Crippen LogP contribution is -2.20. The van der Waals surface area contributed by atoms with E-state index in [9.17, 15) is 9.59 Å². The second kappa shape index (κ2) is 6.02. The van der Waals surface area contributed by atoms with Crippen molar-refractivity contribution in [2.45, 2.75) is 60.0 Å². The summed E-state index contributed by atoms with van der Waals surface area (Å²) >= 11 is 0. The average molecular weight is 328 g/mol. The molecule has 24 heavy (non-hydrogen) atoms. The van der Waals surface area contributed by atoms with Crippen molar-refractivity contribution < 1.29 is 14.3 Å². The minimum absolute atomic E-state index is 0.0500. The third-order valence-electron chi connectivity index (χ3n) is 5.90. The van der Waals surface area contributed by atoms with Crippen LogP contribution in [0.1, 0.15) is 53.9 Å². The van der Waals surface area contributed by atoms with Crippen LogP contribution in [-0.4, -0.2) is 17.9 Å². The van der Waals surface area contributed by atoms with Gasteiger partial charge in [0.15, 0.2) is 5.78 Å². The third kappa shape index (κ3) is 2.89. The molecule has 3 rings (SSSR count). The van der Waals surface area contributed by atoms with Crippen LogP contribution in [0.4, 0.5) is 0 Å². The van der Waals surface area contributed by atoms with Crippen LogP contribution in [0.3, 0.4) is 0 Å². The first-order valence-corrected chi connectivity index (χ1v) is 8.99. The van der Waals surface area contributed by atoms with E-state index in [4.69, 9.17) is 4.74 Å². The Hall–Kier alpha value is -1.64. The molecule has 0 aromatic rings. The first-order chi connectivity index (χ1) is 11.2. The van der Waals surface area contributed by atoms with Crippen molar-refractivity contribution in [1.82, 2.24) is 0 Å². The molecule has 0 N–H and O–H groups in total.